The van der Waals surface area contributed by atoms with Gasteiger partial charge in [-0.2, -0.15) is 0 Å². The highest BCUT2D eigenvalue weighted by molar-refractivity contribution is 5.68. The summed E-state index contributed by atoms with van der Waals surface area (Å²) in [5.74, 6) is 4.68. The van der Waals surface area contributed by atoms with Gasteiger partial charge in [0.05, 0.1) is 6.54 Å². The van der Waals surface area contributed by atoms with E-state index >= 15 is 0 Å². The Bertz CT molecular complexity index is 320. The predicted molar refractivity (Wildman–Crippen MR) is 63.5 cm³/mol. The maximum Gasteiger partial charge on any atom is 0.408 e. The SMILES string of the molecule is CC(C)(C)OC(=O)NCC#CCCCC(=O)O. The molecule has 2 N–H and O–H groups in total. The fourth-order valence-corrected chi connectivity index (χ4v) is 0.909. The van der Waals surface area contributed by atoms with Gasteiger partial charge in [-0.1, -0.05) is 5.92 Å². The van der Waals surface area contributed by atoms with Crippen LogP contribution in [-0.4, -0.2) is 29.3 Å². The summed E-state index contributed by atoms with van der Waals surface area (Å²) in [6, 6.07) is 0. The van der Waals surface area contributed by atoms with Crippen molar-refractivity contribution in [2.24, 2.45) is 0 Å². The van der Waals surface area contributed by atoms with Gasteiger partial charge >= 0.3 is 12.1 Å². The maximum absolute atomic E-state index is 11.2. The molecule has 0 aromatic carbocycles. The Kier molecular flexibility index (Phi) is 6.80. The molecule has 17 heavy (non-hydrogen) atoms. The largest absolute Gasteiger partial charge is 0.481 e. The molecular weight excluding hydrogens is 222 g/mol. The number of ether oxygens (including phenoxy) is 1. The predicted octanol–water partition coefficient (Wildman–Crippen LogP) is 1.77. The molecule has 0 fully saturated rings. The summed E-state index contributed by atoms with van der Waals surface area (Å²) in [7, 11) is 0. The monoisotopic (exact) mass is 241 g/mol. The first-order chi connectivity index (χ1) is 7.81. The van der Waals surface area contributed by atoms with Crippen LogP contribution in [0.4, 0.5) is 4.79 Å². The number of carboxylic acids is 1. The third kappa shape index (κ3) is 12.2. The number of nitrogens with one attached hydrogen (secondary N) is 1. The number of carboxylic acid groups (broad SMARTS) is 1. The lowest BCUT2D eigenvalue weighted by molar-refractivity contribution is -0.137. The summed E-state index contributed by atoms with van der Waals surface area (Å²) >= 11 is 0. The number of unbranched alkanes of at least 4 members (excludes halogenated alkanes) is 1. The quantitative estimate of drug-likeness (QED) is 0.581. The zero-order chi connectivity index (χ0) is 13.3. The molecule has 0 saturated carbocycles. The number of amides is 1. The molecule has 96 valence electrons. The Hall–Kier alpha value is -1.70. The Labute approximate surface area is 102 Å². The van der Waals surface area contributed by atoms with Crippen molar-refractivity contribution in [2.45, 2.75) is 45.6 Å². The number of aliphatic carboxylic acids is 1. The van der Waals surface area contributed by atoms with E-state index in [-0.39, 0.29) is 13.0 Å². The molecule has 1 amide bonds. The first-order valence-corrected chi connectivity index (χ1v) is 5.45. The van der Waals surface area contributed by atoms with Gasteiger partial charge in [0.2, 0.25) is 0 Å². The molecule has 0 aliphatic rings. The fourth-order valence-electron chi connectivity index (χ4n) is 0.909. The third-order valence-electron chi connectivity index (χ3n) is 1.54. The van der Waals surface area contributed by atoms with Crippen molar-refractivity contribution < 1.29 is 19.4 Å². The Morgan fingerprint density at radius 2 is 1.94 bits per heavy atom. The summed E-state index contributed by atoms with van der Waals surface area (Å²) in [5, 5.41) is 10.9. The molecule has 0 saturated heterocycles. The van der Waals surface area contributed by atoms with Crippen molar-refractivity contribution in [1.29, 1.82) is 0 Å². The molecular formula is C12H19NO4. The fraction of sp³-hybridized carbons (Fsp3) is 0.667. The van der Waals surface area contributed by atoms with Gasteiger partial charge in [-0.15, -0.1) is 5.92 Å². The van der Waals surface area contributed by atoms with Crippen LogP contribution in [0.2, 0.25) is 0 Å². The van der Waals surface area contributed by atoms with E-state index in [1.165, 1.54) is 0 Å². The second-order valence-electron chi connectivity index (χ2n) is 4.46. The standard InChI is InChI=1S/C12H19NO4/c1-12(2,3)17-11(16)13-9-7-5-4-6-8-10(14)15/h4,6,8-9H2,1-3H3,(H,13,16)(H,14,15). The molecule has 0 aliphatic heterocycles. The van der Waals surface area contributed by atoms with Crippen LogP contribution in [0.5, 0.6) is 0 Å². The molecule has 0 unspecified atom stereocenters. The van der Waals surface area contributed by atoms with Crippen LogP contribution in [0, 0.1) is 11.8 Å². The maximum atomic E-state index is 11.2. The van der Waals surface area contributed by atoms with E-state index in [2.05, 4.69) is 17.2 Å². The van der Waals surface area contributed by atoms with Gasteiger partial charge < -0.3 is 15.2 Å². The van der Waals surface area contributed by atoms with Gasteiger partial charge in [-0.05, 0) is 27.2 Å². The van der Waals surface area contributed by atoms with Crippen LogP contribution in [0.3, 0.4) is 0 Å². The van der Waals surface area contributed by atoms with E-state index in [4.69, 9.17) is 9.84 Å². The van der Waals surface area contributed by atoms with Crippen molar-refractivity contribution in [1.82, 2.24) is 5.32 Å². The second kappa shape index (κ2) is 7.55. The molecule has 0 aromatic rings. The van der Waals surface area contributed by atoms with Crippen molar-refractivity contribution in [3.63, 3.8) is 0 Å². The van der Waals surface area contributed by atoms with Gasteiger partial charge in [0.25, 0.3) is 0 Å². The van der Waals surface area contributed by atoms with E-state index in [1.807, 2.05) is 0 Å². The lowest BCUT2D eigenvalue weighted by Crippen LogP contribution is -2.32. The zero-order valence-corrected chi connectivity index (χ0v) is 10.5. The summed E-state index contributed by atoms with van der Waals surface area (Å²) in [5.41, 5.74) is -0.515. The molecule has 0 bridgehead atoms. The molecule has 0 spiro atoms. The van der Waals surface area contributed by atoms with Crippen molar-refractivity contribution in [3.05, 3.63) is 0 Å². The van der Waals surface area contributed by atoms with Gasteiger partial charge in [0.1, 0.15) is 5.60 Å². The smallest absolute Gasteiger partial charge is 0.408 e. The van der Waals surface area contributed by atoms with E-state index in [0.29, 0.717) is 12.8 Å². The summed E-state index contributed by atoms with van der Waals surface area (Å²) in [6.45, 7) is 5.56. The second-order valence-corrected chi connectivity index (χ2v) is 4.46. The highest BCUT2D eigenvalue weighted by Crippen LogP contribution is 2.05. The first-order valence-electron chi connectivity index (χ1n) is 5.45. The number of alkyl carbamates (subject to hydrolysis) is 1. The summed E-state index contributed by atoms with van der Waals surface area (Å²) in [6.07, 6.45) is 0.656. The van der Waals surface area contributed by atoms with Crippen LogP contribution < -0.4 is 5.32 Å². The highest BCUT2D eigenvalue weighted by Gasteiger charge is 2.14. The Morgan fingerprint density at radius 3 is 2.47 bits per heavy atom. The molecule has 0 rings (SSSR count). The Balaban J connectivity index is 3.60. The lowest BCUT2D eigenvalue weighted by atomic mass is 10.2. The number of carbonyl (C=O) groups excluding carboxylic acids is 1. The number of carbonyl (C=O) groups is 2. The van der Waals surface area contributed by atoms with Crippen LogP contribution in [0.1, 0.15) is 40.0 Å². The van der Waals surface area contributed by atoms with Gasteiger partial charge in [-0.3, -0.25) is 4.79 Å². The van der Waals surface area contributed by atoms with Crippen molar-refractivity contribution >= 4 is 12.1 Å². The van der Waals surface area contributed by atoms with Gasteiger partial charge in [-0.25, -0.2) is 4.79 Å². The van der Waals surface area contributed by atoms with E-state index in [1.54, 1.807) is 20.8 Å². The van der Waals surface area contributed by atoms with Crippen molar-refractivity contribution in [2.75, 3.05) is 6.54 Å². The summed E-state index contributed by atoms with van der Waals surface area (Å²) < 4.78 is 5.00. The average Bonchev–Trinajstić information content (AvgIpc) is 2.12. The number of rotatable bonds is 4. The van der Waals surface area contributed by atoms with Crippen molar-refractivity contribution in [3.8, 4) is 11.8 Å². The lowest BCUT2D eigenvalue weighted by Gasteiger charge is -2.18. The molecule has 5 heteroatoms. The van der Waals surface area contributed by atoms with Crippen LogP contribution in [-0.2, 0) is 9.53 Å². The number of hydrogen-bond donors (Lipinski definition) is 2. The number of hydrogen-bond acceptors (Lipinski definition) is 3. The average molecular weight is 241 g/mol. The van der Waals surface area contributed by atoms with E-state index in [0.717, 1.165) is 0 Å². The minimum absolute atomic E-state index is 0.119. The van der Waals surface area contributed by atoms with E-state index in [9.17, 15) is 9.59 Å². The summed E-state index contributed by atoms with van der Waals surface area (Å²) in [4.78, 5) is 21.3. The van der Waals surface area contributed by atoms with Crippen LogP contribution in [0.15, 0.2) is 0 Å². The van der Waals surface area contributed by atoms with Gasteiger partial charge in [0.15, 0.2) is 0 Å². The van der Waals surface area contributed by atoms with Crippen LogP contribution >= 0.6 is 0 Å². The van der Waals surface area contributed by atoms with Crippen LogP contribution in [0.25, 0.3) is 0 Å². The Morgan fingerprint density at radius 1 is 1.29 bits per heavy atom. The molecule has 0 radical (unpaired) electrons. The van der Waals surface area contributed by atoms with E-state index < -0.39 is 17.7 Å². The topological polar surface area (TPSA) is 75.6 Å². The molecule has 0 atom stereocenters. The third-order valence-corrected chi connectivity index (χ3v) is 1.54. The first kappa shape index (κ1) is 15.3. The minimum atomic E-state index is -0.821. The molecule has 0 aliphatic carbocycles. The molecule has 5 nitrogen and oxygen atoms in total. The highest BCUT2D eigenvalue weighted by atomic mass is 16.6. The normalized spacial score (nSPS) is 10.1. The minimum Gasteiger partial charge on any atom is -0.481 e. The zero-order valence-electron chi connectivity index (χ0n) is 10.5. The van der Waals surface area contributed by atoms with Gasteiger partial charge in [0, 0.05) is 12.8 Å². The molecule has 0 heterocycles. The molecule has 0 aromatic heterocycles.